The van der Waals surface area contributed by atoms with Crippen molar-refractivity contribution < 1.29 is 13.2 Å². The summed E-state index contributed by atoms with van der Waals surface area (Å²) in [5, 5.41) is 7.72. The molecule has 0 bridgehead atoms. The van der Waals surface area contributed by atoms with Gasteiger partial charge in [-0.25, -0.2) is 13.1 Å². The molecule has 1 aliphatic rings. The molecule has 1 amide bonds. The minimum absolute atomic E-state index is 0.154. The molecule has 0 spiro atoms. The lowest BCUT2D eigenvalue weighted by atomic mass is 10.1. The maximum Gasteiger partial charge on any atom is 0.229 e. The van der Waals surface area contributed by atoms with Crippen molar-refractivity contribution in [3.63, 3.8) is 0 Å². The van der Waals surface area contributed by atoms with Gasteiger partial charge in [-0.15, -0.1) is 0 Å². The molecule has 0 atom stereocenters. The predicted octanol–water partition coefficient (Wildman–Crippen LogP) is 2.95. The molecule has 0 fully saturated rings. The minimum Gasteiger partial charge on any atom is -0.310 e. The van der Waals surface area contributed by atoms with Crippen LogP contribution in [-0.4, -0.2) is 30.4 Å². The van der Waals surface area contributed by atoms with E-state index in [9.17, 15) is 13.2 Å². The molecule has 6 nitrogen and oxygen atoms in total. The van der Waals surface area contributed by atoms with Gasteiger partial charge in [-0.2, -0.15) is 5.10 Å². The third kappa shape index (κ3) is 3.71. The first kappa shape index (κ1) is 18.4. The van der Waals surface area contributed by atoms with Gasteiger partial charge in [0.25, 0.3) is 0 Å². The van der Waals surface area contributed by atoms with Gasteiger partial charge in [-0.3, -0.25) is 4.79 Å². The number of nitrogens with one attached hydrogen (secondary N) is 1. The van der Waals surface area contributed by atoms with Crippen molar-refractivity contribution in [3.8, 4) is 5.69 Å². The SMILES string of the molecule is CS(=O)(=O)c1ccc(CC(=O)Nc2c3c(nn2-c2ccccc2)CCC3)cc1. The summed E-state index contributed by atoms with van der Waals surface area (Å²) in [7, 11) is -3.24. The number of sulfone groups is 1. The highest BCUT2D eigenvalue weighted by atomic mass is 32.2. The Hall–Kier alpha value is -2.93. The lowest BCUT2D eigenvalue weighted by molar-refractivity contribution is -0.115. The number of rotatable bonds is 5. The zero-order chi connectivity index (χ0) is 19.7. The van der Waals surface area contributed by atoms with Crippen LogP contribution < -0.4 is 5.32 Å². The molecular formula is C21H21N3O3S. The number of hydrogen-bond acceptors (Lipinski definition) is 4. The van der Waals surface area contributed by atoms with E-state index in [1.165, 1.54) is 18.4 Å². The van der Waals surface area contributed by atoms with Crippen LogP contribution in [-0.2, 0) is 33.9 Å². The van der Waals surface area contributed by atoms with Crippen molar-refractivity contribution in [1.82, 2.24) is 9.78 Å². The van der Waals surface area contributed by atoms with Crippen molar-refractivity contribution >= 4 is 21.6 Å². The molecule has 144 valence electrons. The van der Waals surface area contributed by atoms with Crippen molar-refractivity contribution in [1.29, 1.82) is 0 Å². The fourth-order valence-corrected chi connectivity index (χ4v) is 4.12. The highest BCUT2D eigenvalue weighted by Crippen LogP contribution is 2.31. The van der Waals surface area contributed by atoms with E-state index in [4.69, 9.17) is 5.10 Å². The number of carbonyl (C=O) groups is 1. The summed E-state index contributed by atoms with van der Waals surface area (Å²) in [4.78, 5) is 12.9. The number of anilines is 1. The molecule has 7 heteroatoms. The highest BCUT2D eigenvalue weighted by molar-refractivity contribution is 7.90. The number of carbonyl (C=O) groups excluding carboxylic acids is 1. The Morgan fingerprint density at radius 1 is 1.07 bits per heavy atom. The van der Waals surface area contributed by atoms with Gasteiger partial charge in [0.1, 0.15) is 5.82 Å². The summed E-state index contributed by atoms with van der Waals surface area (Å²) < 4.78 is 24.9. The van der Waals surface area contributed by atoms with Crippen molar-refractivity contribution in [2.75, 3.05) is 11.6 Å². The standard InChI is InChI=1S/C21H21N3O3S/c1-28(26,27)17-12-10-15(11-13-17)14-20(25)22-21-18-8-5-9-19(18)23-24(21)16-6-3-2-4-7-16/h2-4,6-7,10-13H,5,8-9,14H2,1H3,(H,22,25). The Morgan fingerprint density at radius 3 is 2.46 bits per heavy atom. The molecule has 1 aromatic heterocycles. The van der Waals surface area contributed by atoms with Crippen LogP contribution in [0.2, 0.25) is 0 Å². The number of hydrogen-bond donors (Lipinski definition) is 1. The van der Waals surface area contributed by atoms with E-state index < -0.39 is 9.84 Å². The van der Waals surface area contributed by atoms with Crippen LogP contribution in [0, 0.1) is 0 Å². The average Bonchev–Trinajstić information content (AvgIpc) is 3.25. The molecule has 2 aromatic carbocycles. The van der Waals surface area contributed by atoms with Gasteiger partial charge in [-0.1, -0.05) is 30.3 Å². The average molecular weight is 395 g/mol. The first-order valence-corrected chi connectivity index (χ1v) is 11.1. The maximum atomic E-state index is 12.7. The zero-order valence-electron chi connectivity index (χ0n) is 15.6. The number of para-hydroxylation sites is 1. The second-order valence-corrected chi connectivity index (χ2v) is 9.03. The zero-order valence-corrected chi connectivity index (χ0v) is 16.4. The Morgan fingerprint density at radius 2 is 1.79 bits per heavy atom. The number of aromatic nitrogens is 2. The predicted molar refractivity (Wildman–Crippen MR) is 107 cm³/mol. The molecule has 0 saturated carbocycles. The quantitative estimate of drug-likeness (QED) is 0.720. The van der Waals surface area contributed by atoms with Crippen LogP contribution >= 0.6 is 0 Å². The summed E-state index contributed by atoms with van der Waals surface area (Å²) in [5.41, 5.74) is 3.80. The molecule has 1 heterocycles. The first-order chi connectivity index (χ1) is 13.4. The summed E-state index contributed by atoms with van der Waals surface area (Å²) in [6.45, 7) is 0. The Kier molecular flexibility index (Phi) is 4.77. The van der Waals surface area contributed by atoms with Crippen LogP contribution in [0.5, 0.6) is 0 Å². The smallest absolute Gasteiger partial charge is 0.229 e. The van der Waals surface area contributed by atoms with Crippen LogP contribution in [0.15, 0.2) is 59.5 Å². The number of amides is 1. The molecule has 3 aromatic rings. The van der Waals surface area contributed by atoms with Crippen LogP contribution in [0.25, 0.3) is 5.69 Å². The summed E-state index contributed by atoms with van der Waals surface area (Å²) in [5.74, 6) is 0.579. The Balaban J connectivity index is 1.57. The van der Waals surface area contributed by atoms with Crippen LogP contribution in [0.3, 0.4) is 0 Å². The van der Waals surface area contributed by atoms with Gasteiger partial charge in [0, 0.05) is 11.8 Å². The number of benzene rings is 2. The normalized spacial score (nSPS) is 13.3. The van der Waals surface area contributed by atoms with E-state index >= 15 is 0 Å². The number of fused-ring (bicyclic) bond motifs is 1. The first-order valence-electron chi connectivity index (χ1n) is 9.17. The van der Waals surface area contributed by atoms with E-state index in [0.717, 1.165) is 47.6 Å². The molecule has 1 N–H and O–H groups in total. The van der Waals surface area contributed by atoms with E-state index in [0.29, 0.717) is 0 Å². The van der Waals surface area contributed by atoms with Gasteiger partial charge in [0.2, 0.25) is 5.91 Å². The van der Waals surface area contributed by atoms with E-state index in [1.807, 2.05) is 30.3 Å². The Labute approximate surface area is 164 Å². The van der Waals surface area contributed by atoms with Crippen molar-refractivity contribution in [2.45, 2.75) is 30.6 Å². The lowest BCUT2D eigenvalue weighted by Crippen LogP contribution is -2.18. The fraction of sp³-hybridized carbons (Fsp3) is 0.238. The maximum absolute atomic E-state index is 12.7. The fourth-order valence-electron chi connectivity index (χ4n) is 3.49. The minimum atomic E-state index is -3.24. The molecule has 4 rings (SSSR count). The van der Waals surface area contributed by atoms with E-state index in [2.05, 4.69) is 5.32 Å². The van der Waals surface area contributed by atoms with Gasteiger partial charge in [0.15, 0.2) is 9.84 Å². The van der Waals surface area contributed by atoms with Crippen LogP contribution in [0.1, 0.15) is 23.2 Å². The summed E-state index contributed by atoms with van der Waals surface area (Å²) in [6.07, 6.45) is 4.20. The van der Waals surface area contributed by atoms with Crippen molar-refractivity contribution in [3.05, 3.63) is 71.4 Å². The monoisotopic (exact) mass is 395 g/mol. The molecule has 0 radical (unpaired) electrons. The van der Waals surface area contributed by atoms with Gasteiger partial charge >= 0.3 is 0 Å². The highest BCUT2D eigenvalue weighted by Gasteiger charge is 2.24. The topological polar surface area (TPSA) is 81.1 Å². The third-order valence-corrected chi connectivity index (χ3v) is 6.01. The largest absolute Gasteiger partial charge is 0.310 e. The number of aryl methyl sites for hydroxylation is 1. The molecular weight excluding hydrogens is 374 g/mol. The summed E-state index contributed by atoms with van der Waals surface area (Å²) in [6, 6.07) is 16.2. The number of nitrogens with zero attached hydrogens (tertiary/aromatic N) is 2. The summed E-state index contributed by atoms with van der Waals surface area (Å²) >= 11 is 0. The lowest BCUT2D eigenvalue weighted by Gasteiger charge is -2.11. The van der Waals surface area contributed by atoms with E-state index in [-0.39, 0.29) is 17.2 Å². The van der Waals surface area contributed by atoms with Crippen LogP contribution in [0.4, 0.5) is 5.82 Å². The van der Waals surface area contributed by atoms with Gasteiger partial charge in [0.05, 0.1) is 22.7 Å². The molecule has 0 saturated heterocycles. The van der Waals surface area contributed by atoms with Gasteiger partial charge in [-0.05, 0) is 49.1 Å². The second-order valence-electron chi connectivity index (χ2n) is 7.02. The molecule has 1 aliphatic carbocycles. The second kappa shape index (κ2) is 7.24. The Bertz CT molecular complexity index is 1120. The van der Waals surface area contributed by atoms with E-state index in [1.54, 1.807) is 16.8 Å². The van der Waals surface area contributed by atoms with Crippen molar-refractivity contribution in [2.24, 2.45) is 0 Å². The molecule has 28 heavy (non-hydrogen) atoms. The third-order valence-electron chi connectivity index (χ3n) is 4.88. The van der Waals surface area contributed by atoms with Gasteiger partial charge < -0.3 is 5.32 Å². The molecule has 0 unspecified atom stereocenters. The molecule has 0 aliphatic heterocycles.